The Morgan fingerprint density at radius 1 is 1.12 bits per heavy atom. The number of benzene rings is 2. The van der Waals surface area contributed by atoms with Crippen molar-refractivity contribution >= 4 is 49.9 Å². The van der Waals surface area contributed by atoms with Crippen molar-refractivity contribution in [1.29, 1.82) is 0 Å². The molecular formula is C26H21ClF3N5O5S. The van der Waals surface area contributed by atoms with Crippen molar-refractivity contribution in [2.75, 3.05) is 11.8 Å². The first-order valence-corrected chi connectivity index (χ1v) is 14.1. The standard InChI is InChI=1S/C26H21ClF3N5O5S/c1-40-26-19(10-12(27)11-31-26)41(38,39)35-18-9-8-17(28)20(22(18)30)15-6-7-16-23(21(15)29)33-34-24(16)25(37)32-13-2-4-14(36)5-3-13/h6-11,13,35H,2-5H2,1H3,(H,32,37)(H,33,34). The minimum Gasteiger partial charge on any atom is -0.480 e. The number of aromatic nitrogens is 3. The minimum atomic E-state index is -4.54. The molecule has 1 aliphatic carbocycles. The first-order chi connectivity index (χ1) is 19.5. The highest BCUT2D eigenvalue weighted by molar-refractivity contribution is 7.92. The number of ether oxygens (including phenoxy) is 1. The summed E-state index contributed by atoms with van der Waals surface area (Å²) >= 11 is 5.86. The number of halogens is 4. The van der Waals surface area contributed by atoms with Gasteiger partial charge in [0.15, 0.2) is 16.5 Å². The number of H-pyrrole nitrogens is 1. The summed E-state index contributed by atoms with van der Waals surface area (Å²) in [6, 6.07) is 4.74. The average Bonchev–Trinajstić information content (AvgIpc) is 3.38. The van der Waals surface area contributed by atoms with E-state index in [9.17, 15) is 22.4 Å². The molecule has 15 heteroatoms. The van der Waals surface area contributed by atoms with E-state index in [1.807, 2.05) is 4.72 Å². The van der Waals surface area contributed by atoms with Crippen molar-refractivity contribution in [2.45, 2.75) is 36.6 Å². The van der Waals surface area contributed by atoms with Crippen LogP contribution in [-0.2, 0) is 14.8 Å². The second kappa shape index (κ2) is 11.0. The van der Waals surface area contributed by atoms with E-state index in [4.69, 9.17) is 16.3 Å². The molecule has 1 aliphatic rings. The van der Waals surface area contributed by atoms with Gasteiger partial charge in [-0.15, -0.1) is 0 Å². The molecule has 0 radical (unpaired) electrons. The molecule has 3 N–H and O–H groups in total. The number of nitrogens with zero attached hydrogens (tertiary/aromatic N) is 2. The zero-order valence-corrected chi connectivity index (χ0v) is 22.8. The number of hydrogen-bond donors (Lipinski definition) is 3. The summed E-state index contributed by atoms with van der Waals surface area (Å²) in [5, 5.41) is 9.10. The number of anilines is 1. The number of fused-ring (bicyclic) bond motifs is 1. The van der Waals surface area contributed by atoms with Crippen molar-refractivity contribution in [3.63, 3.8) is 0 Å². The van der Waals surface area contributed by atoms with Crippen LogP contribution in [0.1, 0.15) is 36.2 Å². The highest BCUT2D eigenvalue weighted by Crippen LogP contribution is 2.36. The number of Topliss-reactive ketones (excluding diaryl/α,β-unsaturated/α-hetero) is 1. The van der Waals surface area contributed by atoms with Gasteiger partial charge in [0, 0.05) is 36.0 Å². The number of carbonyl (C=O) groups is 2. The first-order valence-electron chi connectivity index (χ1n) is 12.2. The molecule has 0 aliphatic heterocycles. The lowest BCUT2D eigenvalue weighted by Gasteiger charge is -2.21. The van der Waals surface area contributed by atoms with Gasteiger partial charge in [-0.1, -0.05) is 17.7 Å². The highest BCUT2D eigenvalue weighted by atomic mass is 35.5. The normalized spacial score (nSPS) is 14.3. The lowest BCUT2D eigenvalue weighted by atomic mass is 9.94. The monoisotopic (exact) mass is 607 g/mol. The Hall–Kier alpha value is -4.17. The Morgan fingerprint density at radius 2 is 1.85 bits per heavy atom. The molecule has 0 spiro atoms. The fourth-order valence-corrected chi connectivity index (χ4v) is 6.02. The number of rotatable bonds is 7. The van der Waals surface area contributed by atoms with Crippen molar-refractivity contribution in [2.24, 2.45) is 0 Å². The van der Waals surface area contributed by atoms with Crippen LogP contribution >= 0.6 is 11.6 Å². The number of ketones is 1. The largest absolute Gasteiger partial charge is 0.480 e. The second-order valence-electron chi connectivity index (χ2n) is 9.26. The van der Waals surface area contributed by atoms with Gasteiger partial charge in [-0.25, -0.2) is 26.6 Å². The van der Waals surface area contributed by atoms with Crippen LogP contribution in [0.4, 0.5) is 18.9 Å². The molecule has 1 amide bonds. The third-order valence-corrected chi connectivity index (χ3v) is 8.21. The van der Waals surface area contributed by atoms with Crippen molar-refractivity contribution < 1.29 is 35.9 Å². The molecule has 0 saturated heterocycles. The molecule has 2 aromatic carbocycles. The molecule has 1 saturated carbocycles. The fraction of sp³-hybridized carbons (Fsp3) is 0.231. The minimum absolute atomic E-state index is 0.0392. The number of pyridine rings is 1. The molecule has 5 rings (SSSR count). The lowest BCUT2D eigenvalue weighted by Crippen LogP contribution is -2.37. The molecule has 10 nitrogen and oxygen atoms in total. The summed E-state index contributed by atoms with van der Waals surface area (Å²) in [6.07, 6.45) is 2.81. The van der Waals surface area contributed by atoms with Crippen LogP contribution in [0.15, 0.2) is 41.4 Å². The zero-order chi connectivity index (χ0) is 29.5. The quantitative estimate of drug-likeness (QED) is 0.275. The van der Waals surface area contributed by atoms with Gasteiger partial charge in [0.1, 0.15) is 22.8 Å². The smallest absolute Gasteiger partial charge is 0.270 e. The Morgan fingerprint density at radius 3 is 2.56 bits per heavy atom. The van der Waals surface area contributed by atoms with Gasteiger partial charge in [-0.2, -0.15) is 5.10 Å². The van der Waals surface area contributed by atoms with E-state index in [0.29, 0.717) is 25.7 Å². The Labute approximate surface area is 236 Å². The first kappa shape index (κ1) is 28.4. The molecule has 41 heavy (non-hydrogen) atoms. The molecule has 0 bridgehead atoms. The van der Waals surface area contributed by atoms with E-state index in [1.165, 1.54) is 13.2 Å². The molecule has 2 heterocycles. The van der Waals surface area contributed by atoms with E-state index >= 15 is 8.78 Å². The van der Waals surface area contributed by atoms with E-state index in [1.54, 1.807) is 0 Å². The summed E-state index contributed by atoms with van der Waals surface area (Å²) in [6.45, 7) is 0. The third kappa shape index (κ3) is 5.44. The maximum atomic E-state index is 15.6. The average molecular weight is 608 g/mol. The van der Waals surface area contributed by atoms with Crippen LogP contribution in [0.5, 0.6) is 5.88 Å². The molecule has 214 valence electrons. The molecule has 0 unspecified atom stereocenters. The molecule has 2 aromatic heterocycles. The van der Waals surface area contributed by atoms with Crippen LogP contribution in [0.3, 0.4) is 0 Å². The van der Waals surface area contributed by atoms with Gasteiger partial charge >= 0.3 is 0 Å². The van der Waals surface area contributed by atoms with Crippen LogP contribution in [-0.4, -0.2) is 48.4 Å². The van der Waals surface area contributed by atoms with Gasteiger partial charge in [0.2, 0.25) is 5.88 Å². The molecule has 4 aromatic rings. The van der Waals surface area contributed by atoms with Gasteiger partial charge < -0.3 is 10.1 Å². The molecular weight excluding hydrogens is 587 g/mol. The Balaban J connectivity index is 1.49. The lowest BCUT2D eigenvalue weighted by molar-refractivity contribution is -0.120. The summed E-state index contributed by atoms with van der Waals surface area (Å²) in [5.41, 5.74) is -2.52. The molecule has 0 atom stereocenters. The molecule has 1 fully saturated rings. The van der Waals surface area contributed by atoms with E-state index in [2.05, 4.69) is 20.5 Å². The Kier molecular flexibility index (Phi) is 7.62. The van der Waals surface area contributed by atoms with Crippen molar-refractivity contribution in [3.05, 3.63) is 64.7 Å². The second-order valence-corrected chi connectivity index (χ2v) is 11.3. The maximum absolute atomic E-state index is 15.6. The highest BCUT2D eigenvalue weighted by Gasteiger charge is 2.28. The number of methoxy groups -OCH3 is 1. The maximum Gasteiger partial charge on any atom is 0.270 e. The number of nitrogens with one attached hydrogen (secondary N) is 3. The van der Waals surface area contributed by atoms with Crippen LogP contribution in [0.25, 0.3) is 22.0 Å². The number of hydrogen-bond acceptors (Lipinski definition) is 7. The van der Waals surface area contributed by atoms with Crippen molar-refractivity contribution in [3.8, 4) is 17.0 Å². The van der Waals surface area contributed by atoms with Crippen LogP contribution in [0.2, 0.25) is 5.02 Å². The van der Waals surface area contributed by atoms with E-state index < -0.39 is 55.1 Å². The summed E-state index contributed by atoms with van der Waals surface area (Å²) in [4.78, 5) is 27.5. The topological polar surface area (TPSA) is 143 Å². The zero-order valence-electron chi connectivity index (χ0n) is 21.2. The number of sulfonamides is 1. The fourth-order valence-electron chi connectivity index (χ4n) is 4.59. The van der Waals surface area contributed by atoms with Crippen molar-refractivity contribution in [1.82, 2.24) is 20.5 Å². The number of aromatic amines is 1. The van der Waals surface area contributed by atoms with Gasteiger partial charge in [0.05, 0.1) is 23.4 Å². The van der Waals surface area contributed by atoms with Gasteiger partial charge in [-0.05, 0) is 37.1 Å². The predicted molar refractivity (Wildman–Crippen MR) is 143 cm³/mol. The van der Waals surface area contributed by atoms with Crippen LogP contribution in [0, 0.1) is 17.5 Å². The summed E-state index contributed by atoms with van der Waals surface area (Å²) in [5.74, 6) is -4.49. The van der Waals surface area contributed by atoms with Gasteiger partial charge in [0.25, 0.3) is 15.9 Å². The van der Waals surface area contributed by atoms with E-state index in [-0.39, 0.29) is 39.3 Å². The Bertz CT molecular complexity index is 1810. The summed E-state index contributed by atoms with van der Waals surface area (Å²) < 4.78 is 79.0. The van der Waals surface area contributed by atoms with E-state index in [0.717, 1.165) is 30.5 Å². The van der Waals surface area contributed by atoms with Gasteiger partial charge in [-0.3, -0.25) is 19.4 Å². The summed E-state index contributed by atoms with van der Waals surface area (Å²) in [7, 11) is -3.36. The number of carbonyl (C=O) groups excluding carboxylic acids is 2. The SMILES string of the molecule is COc1ncc(Cl)cc1S(=O)(=O)Nc1ccc(F)c(-c2ccc3c(C(=O)NC4CCC(=O)CC4)[nH]nc3c2F)c1F. The van der Waals surface area contributed by atoms with Crippen LogP contribution < -0.4 is 14.8 Å². The third-order valence-electron chi connectivity index (χ3n) is 6.64. The predicted octanol–water partition coefficient (Wildman–Crippen LogP) is 4.75. The number of amides is 1.